The number of carbonyl (C=O) groups is 2. The third-order valence-electron chi connectivity index (χ3n) is 5.56. The maximum Gasteiger partial charge on any atom is 0.268 e. The summed E-state index contributed by atoms with van der Waals surface area (Å²) in [5, 5.41) is 2.61. The van der Waals surface area contributed by atoms with Gasteiger partial charge in [0.2, 0.25) is 0 Å². The summed E-state index contributed by atoms with van der Waals surface area (Å²) in [6.07, 6.45) is 0.796. The average Bonchev–Trinajstić information content (AvgIpc) is 2.74. The van der Waals surface area contributed by atoms with Gasteiger partial charge in [-0.2, -0.15) is 0 Å². The number of para-hydroxylation sites is 2. The van der Waals surface area contributed by atoms with Gasteiger partial charge < -0.3 is 10.1 Å². The molecule has 0 spiro atoms. The molecule has 1 amide bonds. The van der Waals surface area contributed by atoms with Crippen LogP contribution in [0, 0.1) is 11.2 Å². The lowest BCUT2D eigenvalue weighted by atomic mass is 9.75. The summed E-state index contributed by atoms with van der Waals surface area (Å²) in [4.78, 5) is 39.6. The van der Waals surface area contributed by atoms with Crippen LogP contribution in [0.2, 0.25) is 0 Å². The van der Waals surface area contributed by atoms with Crippen LogP contribution in [0.3, 0.4) is 0 Å². The number of carbonyl (C=O) groups excluding carboxylic acids is 2. The van der Waals surface area contributed by atoms with Crippen LogP contribution in [-0.4, -0.2) is 23.4 Å². The van der Waals surface area contributed by atoms with Crippen molar-refractivity contribution >= 4 is 17.4 Å². The van der Waals surface area contributed by atoms with Gasteiger partial charge in [-0.25, -0.2) is 4.39 Å². The SMILES string of the molecule is COc1ccccc1-n1c2c(cc(C(=O)Nc3ccc(F)cc3)c1=O)C(=O)CC(C)(C)C2. The van der Waals surface area contributed by atoms with Crippen LogP contribution >= 0.6 is 0 Å². The van der Waals surface area contributed by atoms with E-state index in [0.29, 0.717) is 41.2 Å². The number of methoxy groups -OCH3 is 1. The molecule has 32 heavy (non-hydrogen) atoms. The molecule has 164 valence electrons. The number of amides is 1. The number of benzene rings is 2. The number of ketones is 1. The Hall–Kier alpha value is -3.74. The molecular weight excluding hydrogens is 411 g/mol. The molecule has 0 radical (unpaired) electrons. The molecule has 3 aromatic rings. The normalized spacial score (nSPS) is 14.6. The third-order valence-corrected chi connectivity index (χ3v) is 5.56. The van der Waals surface area contributed by atoms with Gasteiger partial charge in [0.15, 0.2) is 5.78 Å². The molecule has 0 aliphatic heterocycles. The van der Waals surface area contributed by atoms with Gasteiger partial charge in [0.25, 0.3) is 11.5 Å². The van der Waals surface area contributed by atoms with Crippen molar-refractivity contribution in [2.45, 2.75) is 26.7 Å². The summed E-state index contributed by atoms with van der Waals surface area (Å²) in [6, 6.07) is 13.6. The number of nitrogens with one attached hydrogen (secondary N) is 1. The Morgan fingerprint density at radius 1 is 1.06 bits per heavy atom. The highest BCUT2D eigenvalue weighted by Gasteiger charge is 2.35. The molecule has 7 heteroatoms. The first kappa shape index (κ1) is 21.5. The molecule has 1 N–H and O–H groups in total. The highest BCUT2D eigenvalue weighted by molar-refractivity contribution is 6.07. The summed E-state index contributed by atoms with van der Waals surface area (Å²) in [7, 11) is 1.50. The molecule has 0 fully saturated rings. The number of hydrogen-bond donors (Lipinski definition) is 1. The molecule has 1 aromatic heterocycles. The number of fused-ring (bicyclic) bond motifs is 1. The second-order valence-electron chi connectivity index (χ2n) is 8.63. The lowest BCUT2D eigenvalue weighted by Crippen LogP contribution is -2.37. The number of nitrogens with zero attached hydrogens (tertiary/aromatic N) is 1. The van der Waals surface area contributed by atoms with Gasteiger partial charge in [-0.15, -0.1) is 0 Å². The van der Waals surface area contributed by atoms with Crippen LogP contribution in [0.1, 0.15) is 46.7 Å². The van der Waals surface area contributed by atoms with Gasteiger partial charge in [0.05, 0.1) is 12.8 Å². The van der Waals surface area contributed by atoms with Crippen molar-refractivity contribution in [3.8, 4) is 11.4 Å². The predicted octanol–water partition coefficient (Wildman–Crippen LogP) is 4.39. The molecule has 0 atom stereocenters. The number of Topliss-reactive ketones (excluding diaryl/α,β-unsaturated/α-hetero) is 1. The van der Waals surface area contributed by atoms with Crippen LogP contribution in [0.5, 0.6) is 5.75 Å². The number of pyridine rings is 1. The molecule has 1 heterocycles. The monoisotopic (exact) mass is 434 g/mol. The zero-order chi connectivity index (χ0) is 23.0. The van der Waals surface area contributed by atoms with Gasteiger partial charge >= 0.3 is 0 Å². The van der Waals surface area contributed by atoms with Gasteiger partial charge in [-0.1, -0.05) is 26.0 Å². The van der Waals surface area contributed by atoms with Gasteiger partial charge in [-0.3, -0.25) is 19.0 Å². The van der Waals surface area contributed by atoms with Crippen LogP contribution in [0.15, 0.2) is 59.4 Å². The molecule has 0 saturated heterocycles. The van der Waals surface area contributed by atoms with Gasteiger partial charge in [-0.05, 0) is 54.3 Å². The summed E-state index contributed by atoms with van der Waals surface area (Å²) in [5.74, 6) is -0.798. The summed E-state index contributed by atoms with van der Waals surface area (Å²) in [6.45, 7) is 3.94. The Bertz CT molecular complexity index is 1280. The van der Waals surface area contributed by atoms with E-state index in [4.69, 9.17) is 4.74 Å². The number of hydrogen-bond acceptors (Lipinski definition) is 4. The highest BCUT2D eigenvalue weighted by atomic mass is 19.1. The van der Waals surface area contributed by atoms with E-state index in [1.807, 2.05) is 13.8 Å². The van der Waals surface area contributed by atoms with Crippen molar-refractivity contribution in [2.75, 3.05) is 12.4 Å². The lowest BCUT2D eigenvalue weighted by Gasteiger charge is -2.32. The minimum Gasteiger partial charge on any atom is -0.495 e. The fraction of sp³-hybridized carbons (Fsp3) is 0.240. The molecule has 0 bridgehead atoms. The van der Waals surface area contributed by atoms with Crippen molar-refractivity contribution in [1.29, 1.82) is 0 Å². The molecular formula is C25H23FN2O4. The first-order valence-electron chi connectivity index (χ1n) is 10.2. The predicted molar refractivity (Wildman–Crippen MR) is 119 cm³/mol. The minimum absolute atomic E-state index is 0.129. The molecule has 1 aliphatic rings. The van der Waals surface area contributed by atoms with Crippen molar-refractivity contribution in [3.05, 3.63) is 87.6 Å². The Morgan fingerprint density at radius 2 is 1.75 bits per heavy atom. The minimum atomic E-state index is -0.675. The summed E-state index contributed by atoms with van der Waals surface area (Å²) < 4.78 is 20.1. The number of ether oxygens (including phenoxy) is 1. The Kier molecular flexibility index (Phi) is 5.42. The first-order valence-corrected chi connectivity index (χ1v) is 10.2. The fourth-order valence-electron chi connectivity index (χ4n) is 4.08. The maximum absolute atomic E-state index is 13.6. The molecule has 4 rings (SSSR count). The van der Waals surface area contributed by atoms with Gasteiger partial charge in [0, 0.05) is 23.4 Å². The van der Waals surface area contributed by atoms with Crippen LogP contribution in [-0.2, 0) is 6.42 Å². The van der Waals surface area contributed by atoms with E-state index >= 15 is 0 Å². The van der Waals surface area contributed by atoms with E-state index < -0.39 is 17.3 Å². The topological polar surface area (TPSA) is 77.4 Å². The Labute approximate surface area is 184 Å². The van der Waals surface area contributed by atoms with E-state index in [0.717, 1.165) is 0 Å². The van der Waals surface area contributed by atoms with Crippen molar-refractivity contribution in [1.82, 2.24) is 4.57 Å². The molecule has 0 unspecified atom stereocenters. The van der Waals surface area contributed by atoms with Gasteiger partial charge in [0.1, 0.15) is 17.1 Å². The Balaban J connectivity index is 1.92. The smallest absolute Gasteiger partial charge is 0.268 e. The number of rotatable bonds is 4. The lowest BCUT2D eigenvalue weighted by molar-refractivity contribution is 0.0908. The molecule has 6 nitrogen and oxygen atoms in total. The standard InChI is InChI=1S/C25H23FN2O4/c1-25(2)13-20-17(21(29)14-25)12-18(23(30)27-16-10-8-15(26)9-11-16)24(31)28(20)19-6-4-5-7-22(19)32-3/h4-12H,13-14H2,1-3H3,(H,27,30). The van der Waals surface area contributed by atoms with Crippen molar-refractivity contribution in [2.24, 2.45) is 5.41 Å². The van der Waals surface area contributed by atoms with Crippen LogP contribution in [0.25, 0.3) is 5.69 Å². The van der Waals surface area contributed by atoms with Crippen molar-refractivity contribution in [3.63, 3.8) is 0 Å². The van der Waals surface area contributed by atoms with Crippen LogP contribution < -0.4 is 15.6 Å². The highest BCUT2D eigenvalue weighted by Crippen LogP contribution is 2.36. The van der Waals surface area contributed by atoms with E-state index in [9.17, 15) is 18.8 Å². The maximum atomic E-state index is 13.6. The van der Waals surface area contributed by atoms with E-state index in [2.05, 4.69) is 5.32 Å². The zero-order valence-electron chi connectivity index (χ0n) is 18.1. The molecule has 1 aliphatic carbocycles. The van der Waals surface area contributed by atoms with Crippen molar-refractivity contribution < 1.29 is 18.7 Å². The molecule has 2 aromatic carbocycles. The average molecular weight is 434 g/mol. The number of aromatic nitrogens is 1. The quantitative estimate of drug-likeness (QED) is 0.661. The first-order chi connectivity index (χ1) is 15.2. The number of anilines is 1. The van der Waals surface area contributed by atoms with E-state index in [1.165, 1.54) is 42.0 Å². The summed E-state index contributed by atoms with van der Waals surface area (Å²) >= 11 is 0. The Morgan fingerprint density at radius 3 is 2.44 bits per heavy atom. The third kappa shape index (κ3) is 3.93. The number of halogens is 1. The molecule has 0 saturated carbocycles. The van der Waals surface area contributed by atoms with E-state index in [-0.39, 0.29) is 16.8 Å². The fourth-order valence-corrected chi connectivity index (χ4v) is 4.08. The second-order valence-corrected chi connectivity index (χ2v) is 8.63. The summed E-state index contributed by atoms with van der Waals surface area (Å²) in [5.41, 5.74) is 0.629. The van der Waals surface area contributed by atoms with Crippen LogP contribution in [0.4, 0.5) is 10.1 Å². The second kappa shape index (κ2) is 8.07. The largest absolute Gasteiger partial charge is 0.495 e. The van der Waals surface area contributed by atoms with E-state index in [1.54, 1.807) is 24.3 Å². The zero-order valence-corrected chi connectivity index (χ0v) is 18.1.